The number of carbonyl (C=O) groups is 1. The molecule has 1 aromatic carbocycles. The van der Waals surface area contributed by atoms with Gasteiger partial charge in [-0.25, -0.2) is 9.97 Å². The molecule has 4 nitrogen and oxygen atoms in total. The second-order valence-electron chi connectivity index (χ2n) is 4.72. The molecule has 0 radical (unpaired) electrons. The molecule has 0 bridgehead atoms. The van der Waals surface area contributed by atoms with Crippen molar-refractivity contribution in [1.29, 1.82) is 0 Å². The maximum atomic E-state index is 12.6. The van der Waals surface area contributed by atoms with Crippen LogP contribution in [0.2, 0.25) is 0 Å². The van der Waals surface area contributed by atoms with Gasteiger partial charge in [-0.05, 0) is 26.3 Å². The van der Waals surface area contributed by atoms with E-state index >= 15 is 0 Å². The van der Waals surface area contributed by atoms with Crippen molar-refractivity contribution in [2.75, 3.05) is 6.54 Å². The van der Waals surface area contributed by atoms with Crippen LogP contribution in [-0.2, 0) is 6.54 Å². The first-order chi connectivity index (χ1) is 9.61. The van der Waals surface area contributed by atoms with Crippen LogP contribution in [0.1, 0.15) is 34.4 Å². The number of aryl methyl sites for hydroxylation is 2. The highest BCUT2D eigenvalue weighted by Gasteiger charge is 2.17. The van der Waals surface area contributed by atoms with Crippen molar-refractivity contribution in [2.24, 2.45) is 0 Å². The van der Waals surface area contributed by atoms with Gasteiger partial charge >= 0.3 is 0 Å². The van der Waals surface area contributed by atoms with Gasteiger partial charge in [-0.2, -0.15) is 0 Å². The molecule has 1 amide bonds. The third-order valence-electron chi connectivity index (χ3n) is 3.22. The molecule has 0 aliphatic heterocycles. The Morgan fingerprint density at radius 2 is 1.90 bits per heavy atom. The number of amides is 1. The minimum absolute atomic E-state index is 0.0196. The molecule has 2 aromatic rings. The molecule has 20 heavy (non-hydrogen) atoms. The maximum Gasteiger partial charge on any atom is 0.257 e. The van der Waals surface area contributed by atoms with Crippen LogP contribution in [0.4, 0.5) is 0 Å². The largest absolute Gasteiger partial charge is 0.334 e. The Morgan fingerprint density at radius 3 is 2.50 bits per heavy atom. The maximum absolute atomic E-state index is 12.6. The monoisotopic (exact) mass is 269 g/mol. The zero-order valence-corrected chi connectivity index (χ0v) is 12.1. The van der Waals surface area contributed by atoms with Gasteiger partial charge in [0.2, 0.25) is 0 Å². The van der Waals surface area contributed by atoms with E-state index in [-0.39, 0.29) is 5.91 Å². The van der Waals surface area contributed by atoms with Gasteiger partial charge in [0.25, 0.3) is 5.91 Å². The number of hydrogen-bond acceptors (Lipinski definition) is 3. The smallest absolute Gasteiger partial charge is 0.257 e. The summed E-state index contributed by atoms with van der Waals surface area (Å²) in [5.74, 6) is 0.666. The van der Waals surface area contributed by atoms with Gasteiger partial charge in [-0.15, -0.1) is 0 Å². The summed E-state index contributed by atoms with van der Waals surface area (Å²) < 4.78 is 0. The normalized spacial score (nSPS) is 10.3. The van der Waals surface area contributed by atoms with Crippen molar-refractivity contribution in [2.45, 2.75) is 27.3 Å². The Hall–Kier alpha value is -2.23. The highest BCUT2D eigenvalue weighted by molar-refractivity contribution is 5.94. The molecule has 1 heterocycles. The summed E-state index contributed by atoms with van der Waals surface area (Å²) in [7, 11) is 0. The Balaban J connectivity index is 2.21. The van der Waals surface area contributed by atoms with E-state index in [2.05, 4.69) is 9.97 Å². The van der Waals surface area contributed by atoms with Crippen molar-refractivity contribution in [3.05, 3.63) is 59.2 Å². The Morgan fingerprint density at radius 1 is 1.20 bits per heavy atom. The summed E-state index contributed by atoms with van der Waals surface area (Å²) >= 11 is 0. The lowest BCUT2D eigenvalue weighted by atomic mass is 10.1. The predicted molar refractivity (Wildman–Crippen MR) is 78.4 cm³/mol. The molecule has 104 valence electrons. The Labute approximate surface area is 119 Å². The molecule has 0 fully saturated rings. The second kappa shape index (κ2) is 6.28. The quantitative estimate of drug-likeness (QED) is 0.857. The molecule has 0 aliphatic carbocycles. The van der Waals surface area contributed by atoms with Crippen molar-refractivity contribution in [1.82, 2.24) is 14.9 Å². The summed E-state index contributed by atoms with van der Waals surface area (Å²) in [6.07, 6.45) is 1.62. The van der Waals surface area contributed by atoms with Crippen LogP contribution in [0.15, 0.2) is 36.5 Å². The third-order valence-corrected chi connectivity index (χ3v) is 3.22. The SMILES string of the molecule is CCN(Cc1ccccc1)C(=O)c1cnc(C)nc1C. The molecule has 4 heteroatoms. The van der Waals surface area contributed by atoms with Crippen LogP contribution < -0.4 is 0 Å². The van der Waals surface area contributed by atoms with Gasteiger partial charge < -0.3 is 4.90 Å². The molecule has 0 N–H and O–H groups in total. The molecule has 1 aromatic heterocycles. The molecule has 2 rings (SSSR count). The van der Waals surface area contributed by atoms with Crippen LogP contribution in [0.25, 0.3) is 0 Å². The standard InChI is InChI=1S/C16H19N3O/c1-4-19(11-14-8-6-5-7-9-14)16(20)15-10-17-13(3)18-12(15)2/h5-10H,4,11H2,1-3H3. The number of rotatable bonds is 4. The van der Waals surface area contributed by atoms with E-state index in [0.29, 0.717) is 24.5 Å². The minimum atomic E-state index is -0.0196. The summed E-state index contributed by atoms with van der Waals surface area (Å²) in [5.41, 5.74) is 2.43. The molecule has 0 spiro atoms. The average Bonchev–Trinajstić information content (AvgIpc) is 2.45. The zero-order chi connectivity index (χ0) is 14.5. The summed E-state index contributed by atoms with van der Waals surface area (Å²) in [5, 5.41) is 0. The first-order valence-corrected chi connectivity index (χ1v) is 6.75. The molecular weight excluding hydrogens is 250 g/mol. The number of hydrogen-bond donors (Lipinski definition) is 0. The summed E-state index contributed by atoms with van der Waals surface area (Å²) in [4.78, 5) is 22.7. The van der Waals surface area contributed by atoms with E-state index in [1.54, 1.807) is 11.1 Å². The molecule has 0 saturated heterocycles. The fraction of sp³-hybridized carbons (Fsp3) is 0.312. The first kappa shape index (κ1) is 14.2. The highest BCUT2D eigenvalue weighted by atomic mass is 16.2. The zero-order valence-electron chi connectivity index (χ0n) is 12.1. The van der Waals surface area contributed by atoms with Crippen LogP contribution in [0.3, 0.4) is 0 Å². The number of nitrogens with zero attached hydrogens (tertiary/aromatic N) is 3. The minimum Gasteiger partial charge on any atom is -0.334 e. The van der Waals surface area contributed by atoms with Crippen molar-refractivity contribution in [3.8, 4) is 0 Å². The van der Waals surface area contributed by atoms with E-state index in [1.165, 1.54) is 0 Å². The predicted octanol–water partition coefficient (Wildman–Crippen LogP) is 2.76. The number of aromatic nitrogens is 2. The Bertz CT molecular complexity index is 596. The molecule has 0 atom stereocenters. The number of benzene rings is 1. The van der Waals surface area contributed by atoms with Crippen LogP contribution in [-0.4, -0.2) is 27.3 Å². The highest BCUT2D eigenvalue weighted by Crippen LogP contribution is 2.11. The van der Waals surface area contributed by atoms with Crippen LogP contribution in [0.5, 0.6) is 0 Å². The molecule has 0 unspecified atom stereocenters. The second-order valence-corrected chi connectivity index (χ2v) is 4.72. The lowest BCUT2D eigenvalue weighted by Gasteiger charge is -2.21. The average molecular weight is 269 g/mol. The van der Waals surface area contributed by atoms with Crippen LogP contribution >= 0.6 is 0 Å². The lowest BCUT2D eigenvalue weighted by molar-refractivity contribution is 0.0751. The van der Waals surface area contributed by atoms with E-state index < -0.39 is 0 Å². The van der Waals surface area contributed by atoms with Crippen molar-refractivity contribution < 1.29 is 4.79 Å². The van der Waals surface area contributed by atoms with E-state index in [4.69, 9.17) is 0 Å². The molecule has 0 saturated carbocycles. The molecule has 0 aliphatic rings. The summed E-state index contributed by atoms with van der Waals surface area (Å²) in [6, 6.07) is 9.98. The van der Waals surface area contributed by atoms with E-state index in [1.807, 2.05) is 51.1 Å². The lowest BCUT2D eigenvalue weighted by Crippen LogP contribution is -2.31. The van der Waals surface area contributed by atoms with E-state index in [0.717, 1.165) is 11.3 Å². The van der Waals surface area contributed by atoms with E-state index in [9.17, 15) is 4.79 Å². The topological polar surface area (TPSA) is 46.1 Å². The Kier molecular flexibility index (Phi) is 4.45. The van der Waals surface area contributed by atoms with Gasteiger partial charge in [0.1, 0.15) is 5.82 Å². The van der Waals surface area contributed by atoms with Gasteiger partial charge in [-0.3, -0.25) is 4.79 Å². The van der Waals surface area contributed by atoms with Crippen LogP contribution in [0, 0.1) is 13.8 Å². The van der Waals surface area contributed by atoms with Gasteiger partial charge in [0, 0.05) is 19.3 Å². The first-order valence-electron chi connectivity index (χ1n) is 6.75. The fourth-order valence-electron chi connectivity index (χ4n) is 2.09. The van der Waals surface area contributed by atoms with Crippen molar-refractivity contribution in [3.63, 3.8) is 0 Å². The van der Waals surface area contributed by atoms with Gasteiger partial charge in [0.15, 0.2) is 0 Å². The third kappa shape index (κ3) is 3.20. The summed E-state index contributed by atoms with van der Waals surface area (Å²) in [6.45, 7) is 6.90. The number of carbonyl (C=O) groups excluding carboxylic acids is 1. The molecular formula is C16H19N3O. The fourth-order valence-corrected chi connectivity index (χ4v) is 2.09. The van der Waals surface area contributed by atoms with Gasteiger partial charge in [0.05, 0.1) is 11.3 Å². The van der Waals surface area contributed by atoms with Crippen molar-refractivity contribution >= 4 is 5.91 Å². The van der Waals surface area contributed by atoms with Gasteiger partial charge in [-0.1, -0.05) is 30.3 Å².